The number of anilines is 1. The number of carbonyl (C=O) groups excluding carboxylic acids is 1. The summed E-state index contributed by atoms with van der Waals surface area (Å²) in [6.45, 7) is 6.02. The first-order chi connectivity index (χ1) is 10.5. The molecule has 0 bridgehead atoms. The summed E-state index contributed by atoms with van der Waals surface area (Å²) in [7, 11) is 0. The number of hydrogen-bond donors (Lipinski definition) is 1. The van der Waals surface area contributed by atoms with Gasteiger partial charge in [-0.3, -0.25) is 4.79 Å². The van der Waals surface area contributed by atoms with Gasteiger partial charge in [0, 0.05) is 17.4 Å². The predicted octanol–water partition coefficient (Wildman–Crippen LogP) is 4.46. The third-order valence-electron chi connectivity index (χ3n) is 3.99. The molecule has 1 atom stereocenters. The van der Waals surface area contributed by atoms with Gasteiger partial charge in [0.1, 0.15) is 6.04 Å². The van der Waals surface area contributed by atoms with Crippen LogP contribution in [0.4, 0.5) is 5.69 Å². The number of aryl methyl sites for hydroxylation is 2. The standard InChI is InChI=1S/C19H20N2O/c1-13-4-7-17(8-5-13)20-19(22)15(3)21-11-10-16-12-14(2)6-9-18(16)21/h4-12,15H,1-3H3,(H,20,22). The van der Waals surface area contributed by atoms with Gasteiger partial charge >= 0.3 is 0 Å². The van der Waals surface area contributed by atoms with Gasteiger partial charge in [-0.2, -0.15) is 0 Å². The van der Waals surface area contributed by atoms with Crippen LogP contribution in [0.2, 0.25) is 0 Å². The van der Waals surface area contributed by atoms with E-state index >= 15 is 0 Å². The van der Waals surface area contributed by atoms with Gasteiger partial charge in [-0.1, -0.05) is 29.3 Å². The fourth-order valence-corrected chi connectivity index (χ4v) is 2.63. The average Bonchev–Trinajstić information content (AvgIpc) is 2.91. The van der Waals surface area contributed by atoms with Crippen molar-refractivity contribution >= 4 is 22.5 Å². The van der Waals surface area contributed by atoms with Gasteiger partial charge in [-0.15, -0.1) is 0 Å². The number of fused-ring (bicyclic) bond motifs is 1. The molecule has 1 aromatic heterocycles. The number of amides is 1. The van der Waals surface area contributed by atoms with Crippen LogP contribution in [0, 0.1) is 13.8 Å². The summed E-state index contributed by atoms with van der Waals surface area (Å²) < 4.78 is 2.01. The Hall–Kier alpha value is -2.55. The summed E-state index contributed by atoms with van der Waals surface area (Å²) >= 11 is 0. The molecule has 1 N–H and O–H groups in total. The van der Waals surface area contributed by atoms with Gasteiger partial charge in [0.05, 0.1) is 0 Å². The Kier molecular flexibility index (Phi) is 3.72. The summed E-state index contributed by atoms with van der Waals surface area (Å²) in [5, 5.41) is 4.14. The molecule has 2 aromatic carbocycles. The van der Waals surface area contributed by atoms with E-state index in [0.717, 1.165) is 16.6 Å². The summed E-state index contributed by atoms with van der Waals surface area (Å²) in [6.07, 6.45) is 1.98. The molecule has 1 heterocycles. The zero-order valence-electron chi connectivity index (χ0n) is 13.1. The zero-order chi connectivity index (χ0) is 15.7. The Morgan fingerprint density at radius 3 is 2.41 bits per heavy atom. The molecule has 1 unspecified atom stereocenters. The largest absolute Gasteiger partial charge is 0.335 e. The minimum absolute atomic E-state index is 0.0121. The van der Waals surface area contributed by atoms with Crippen molar-refractivity contribution in [3.63, 3.8) is 0 Å². The Labute approximate surface area is 130 Å². The highest BCUT2D eigenvalue weighted by molar-refractivity contribution is 5.95. The van der Waals surface area contributed by atoms with E-state index in [9.17, 15) is 4.79 Å². The SMILES string of the molecule is Cc1ccc(NC(=O)C(C)n2ccc3cc(C)ccc32)cc1. The van der Waals surface area contributed by atoms with Crippen LogP contribution in [0.15, 0.2) is 54.7 Å². The Balaban J connectivity index is 1.84. The summed E-state index contributed by atoms with van der Waals surface area (Å²) in [4.78, 5) is 12.5. The van der Waals surface area contributed by atoms with Crippen LogP contribution < -0.4 is 5.32 Å². The monoisotopic (exact) mass is 292 g/mol. The molecule has 3 nitrogen and oxygen atoms in total. The lowest BCUT2D eigenvalue weighted by atomic mass is 10.2. The molecule has 3 aromatic rings. The number of nitrogens with one attached hydrogen (secondary N) is 1. The Morgan fingerprint density at radius 2 is 1.68 bits per heavy atom. The predicted molar refractivity (Wildman–Crippen MR) is 91.2 cm³/mol. The highest BCUT2D eigenvalue weighted by Gasteiger charge is 2.16. The van der Waals surface area contributed by atoms with Crippen LogP contribution in [0.1, 0.15) is 24.1 Å². The van der Waals surface area contributed by atoms with E-state index in [1.807, 2.05) is 48.9 Å². The van der Waals surface area contributed by atoms with E-state index in [-0.39, 0.29) is 11.9 Å². The maximum Gasteiger partial charge on any atom is 0.247 e. The van der Waals surface area contributed by atoms with Gasteiger partial charge in [0.25, 0.3) is 0 Å². The van der Waals surface area contributed by atoms with Crippen LogP contribution in [-0.4, -0.2) is 10.5 Å². The maximum atomic E-state index is 12.5. The first-order valence-corrected chi connectivity index (χ1v) is 7.49. The lowest BCUT2D eigenvalue weighted by Crippen LogP contribution is -2.23. The number of rotatable bonds is 3. The molecule has 0 spiro atoms. The summed E-state index contributed by atoms with van der Waals surface area (Å²) in [5.74, 6) is -0.0121. The minimum atomic E-state index is -0.262. The fraction of sp³-hybridized carbons (Fsp3) is 0.211. The molecule has 0 saturated carbocycles. The molecule has 0 radical (unpaired) electrons. The molecule has 3 rings (SSSR count). The molecule has 0 saturated heterocycles. The number of carbonyl (C=O) groups is 1. The van der Waals surface area contributed by atoms with Gasteiger partial charge in [-0.25, -0.2) is 0 Å². The van der Waals surface area contributed by atoms with Gasteiger partial charge < -0.3 is 9.88 Å². The number of benzene rings is 2. The van der Waals surface area contributed by atoms with Crippen molar-refractivity contribution in [3.05, 3.63) is 65.9 Å². The molecule has 0 aliphatic rings. The first kappa shape index (κ1) is 14.4. The highest BCUT2D eigenvalue weighted by Crippen LogP contribution is 2.22. The molecule has 0 aliphatic heterocycles. The smallest absolute Gasteiger partial charge is 0.247 e. The van der Waals surface area contributed by atoms with Crippen LogP contribution >= 0.6 is 0 Å². The lowest BCUT2D eigenvalue weighted by Gasteiger charge is -2.15. The van der Waals surface area contributed by atoms with Gasteiger partial charge in [0.15, 0.2) is 0 Å². The van der Waals surface area contributed by atoms with Crippen molar-refractivity contribution in [2.24, 2.45) is 0 Å². The van der Waals surface area contributed by atoms with Crippen LogP contribution in [0.3, 0.4) is 0 Å². The third-order valence-corrected chi connectivity index (χ3v) is 3.99. The lowest BCUT2D eigenvalue weighted by molar-refractivity contribution is -0.118. The third kappa shape index (κ3) is 2.75. The van der Waals surface area contributed by atoms with Crippen LogP contribution in [0.5, 0.6) is 0 Å². The number of hydrogen-bond acceptors (Lipinski definition) is 1. The molecular formula is C19H20N2O. The van der Waals surface area contributed by atoms with E-state index in [0.29, 0.717) is 0 Å². The molecule has 1 amide bonds. The van der Waals surface area contributed by atoms with E-state index in [4.69, 9.17) is 0 Å². The van der Waals surface area contributed by atoms with Crippen molar-refractivity contribution < 1.29 is 4.79 Å². The highest BCUT2D eigenvalue weighted by atomic mass is 16.2. The average molecular weight is 292 g/mol. The Morgan fingerprint density at radius 1 is 1.00 bits per heavy atom. The molecule has 3 heteroatoms. The summed E-state index contributed by atoms with van der Waals surface area (Å²) in [5.41, 5.74) is 4.31. The second-order valence-electron chi connectivity index (χ2n) is 5.82. The molecule has 22 heavy (non-hydrogen) atoms. The van der Waals surface area contributed by atoms with Crippen molar-refractivity contribution in [3.8, 4) is 0 Å². The van der Waals surface area contributed by atoms with E-state index in [1.54, 1.807) is 0 Å². The number of aromatic nitrogens is 1. The quantitative estimate of drug-likeness (QED) is 0.760. The molecular weight excluding hydrogens is 272 g/mol. The van der Waals surface area contributed by atoms with E-state index < -0.39 is 0 Å². The first-order valence-electron chi connectivity index (χ1n) is 7.49. The molecule has 112 valence electrons. The maximum absolute atomic E-state index is 12.5. The zero-order valence-corrected chi connectivity index (χ0v) is 13.1. The topological polar surface area (TPSA) is 34.0 Å². The van der Waals surface area contributed by atoms with E-state index in [2.05, 4.69) is 36.5 Å². The van der Waals surface area contributed by atoms with Crippen molar-refractivity contribution in [2.75, 3.05) is 5.32 Å². The van der Waals surface area contributed by atoms with Crippen molar-refractivity contribution in [1.82, 2.24) is 4.57 Å². The molecule has 0 aliphatic carbocycles. The second kappa shape index (κ2) is 5.68. The van der Waals surface area contributed by atoms with Crippen molar-refractivity contribution in [1.29, 1.82) is 0 Å². The van der Waals surface area contributed by atoms with Crippen molar-refractivity contribution in [2.45, 2.75) is 26.8 Å². The fourth-order valence-electron chi connectivity index (χ4n) is 2.63. The summed E-state index contributed by atoms with van der Waals surface area (Å²) in [6, 6.07) is 15.9. The second-order valence-corrected chi connectivity index (χ2v) is 5.82. The van der Waals surface area contributed by atoms with Crippen LogP contribution in [0.25, 0.3) is 10.9 Å². The Bertz CT molecular complexity index is 815. The van der Waals surface area contributed by atoms with Gasteiger partial charge in [-0.05, 0) is 56.5 Å². The van der Waals surface area contributed by atoms with Crippen LogP contribution in [-0.2, 0) is 4.79 Å². The normalized spacial score (nSPS) is 12.3. The molecule has 0 fully saturated rings. The number of nitrogens with zero attached hydrogens (tertiary/aromatic N) is 1. The van der Waals surface area contributed by atoms with E-state index in [1.165, 1.54) is 11.1 Å². The minimum Gasteiger partial charge on any atom is -0.335 e. The van der Waals surface area contributed by atoms with Gasteiger partial charge in [0.2, 0.25) is 5.91 Å².